The van der Waals surface area contributed by atoms with E-state index in [0.717, 1.165) is 0 Å². The number of hydrogen-bond donors (Lipinski definition) is 1. The summed E-state index contributed by atoms with van der Waals surface area (Å²) in [5, 5.41) is 8.82. The summed E-state index contributed by atoms with van der Waals surface area (Å²) < 4.78 is 53.9. The van der Waals surface area contributed by atoms with Gasteiger partial charge in [0.25, 0.3) is 0 Å². The molecule has 2 aromatic carbocycles. The Morgan fingerprint density at radius 3 is 1.94 bits per heavy atom. The maximum absolute atomic E-state index is 13.9. The van der Waals surface area contributed by atoms with Gasteiger partial charge in [-0.3, -0.25) is 0 Å². The summed E-state index contributed by atoms with van der Waals surface area (Å²) in [5.74, 6) is -6.39. The molecule has 0 aromatic heterocycles. The third kappa shape index (κ3) is 1.86. The van der Waals surface area contributed by atoms with Crippen molar-refractivity contribution in [3.05, 3.63) is 59.2 Å². The van der Waals surface area contributed by atoms with Gasteiger partial charge in [-0.05, 0) is 5.56 Å². The van der Waals surface area contributed by atoms with Gasteiger partial charge in [0.15, 0.2) is 17.5 Å². The second-order valence-electron chi connectivity index (χ2n) is 3.63. The van der Waals surface area contributed by atoms with Crippen molar-refractivity contribution >= 4 is 0 Å². The van der Waals surface area contributed by atoms with Crippen molar-refractivity contribution in [3.63, 3.8) is 0 Å². The van der Waals surface area contributed by atoms with Gasteiger partial charge in [0.05, 0.1) is 17.7 Å². The molecule has 0 bridgehead atoms. The van der Waals surface area contributed by atoms with Gasteiger partial charge in [-0.15, -0.1) is 0 Å². The molecular weight excluding hydrogens is 248 g/mol. The minimum atomic E-state index is -1.79. The second-order valence-corrected chi connectivity index (χ2v) is 3.63. The summed E-state index contributed by atoms with van der Waals surface area (Å²) in [4.78, 5) is 0. The Labute approximate surface area is 100 Å². The van der Waals surface area contributed by atoms with Gasteiger partial charge in [-0.1, -0.05) is 30.3 Å². The molecule has 0 aliphatic rings. The third-order valence-electron chi connectivity index (χ3n) is 2.57. The lowest BCUT2D eigenvalue weighted by Crippen LogP contribution is -2.06. The summed E-state index contributed by atoms with van der Waals surface area (Å²) in [6, 6.07) is 7.36. The maximum atomic E-state index is 13.9. The normalized spacial score (nSPS) is 10.7. The van der Waals surface area contributed by atoms with Gasteiger partial charge in [-0.25, -0.2) is 17.6 Å². The van der Waals surface area contributed by atoms with Crippen molar-refractivity contribution in [1.29, 1.82) is 0 Å². The Balaban J connectivity index is 2.80. The lowest BCUT2D eigenvalue weighted by Gasteiger charge is -2.10. The summed E-state index contributed by atoms with van der Waals surface area (Å²) in [6.45, 7) is -1.05. The van der Waals surface area contributed by atoms with Crippen LogP contribution in [0.1, 0.15) is 5.56 Å². The lowest BCUT2D eigenvalue weighted by molar-refractivity contribution is 0.264. The van der Waals surface area contributed by atoms with Gasteiger partial charge in [0.1, 0.15) is 5.82 Å². The molecule has 0 amide bonds. The Bertz CT molecular complexity index is 582. The first kappa shape index (κ1) is 12.6. The monoisotopic (exact) mass is 256 g/mol. The number of aliphatic hydroxyl groups is 1. The molecular formula is C13H8F4O. The molecule has 0 radical (unpaired) electrons. The van der Waals surface area contributed by atoms with Crippen molar-refractivity contribution in [2.45, 2.75) is 6.61 Å². The number of benzene rings is 2. The van der Waals surface area contributed by atoms with Crippen LogP contribution in [0.3, 0.4) is 0 Å². The largest absolute Gasteiger partial charge is 0.391 e. The Morgan fingerprint density at radius 1 is 0.778 bits per heavy atom. The van der Waals surface area contributed by atoms with Gasteiger partial charge in [0, 0.05) is 0 Å². The highest BCUT2D eigenvalue weighted by Gasteiger charge is 2.25. The first-order valence-corrected chi connectivity index (χ1v) is 5.09. The van der Waals surface area contributed by atoms with Crippen molar-refractivity contribution < 1.29 is 22.7 Å². The van der Waals surface area contributed by atoms with Crippen LogP contribution in [0.5, 0.6) is 0 Å². The fraction of sp³-hybridized carbons (Fsp3) is 0.0769. The van der Waals surface area contributed by atoms with Crippen LogP contribution in [0.2, 0.25) is 0 Å². The van der Waals surface area contributed by atoms with E-state index in [0.29, 0.717) is 0 Å². The fourth-order valence-electron chi connectivity index (χ4n) is 1.68. The van der Waals surface area contributed by atoms with Crippen molar-refractivity contribution in [3.8, 4) is 11.1 Å². The van der Waals surface area contributed by atoms with E-state index >= 15 is 0 Å². The van der Waals surface area contributed by atoms with Crippen molar-refractivity contribution in [1.82, 2.24) is 0 Å². The molecule has 1 N–H and O–H groups in total. The predicted octanol–water partition coefficient (Wildman–Crippen LogP) is 3.40. The average Bonchev–Trinajstić information content (AvgIpc) is 2.38. The van der Waals surface area contributed by atoms with E-state index in [-0.39, 0.29) is 5.56 Å². The van der Waals surface area contributed by atoms with E-state index in [1.807, 2.05) is 0 Å². The predicted molar refractivity (Wildman–Crippen MR) is 57.6 cm³/mol. The van der Waals surface area contributed by atoms with Gasteiger partial charge >= 0.3 is 0 Å². The summed E-state index contributed by atoms with van der Waals surface area (Å²) in [6.07, 6.45) is 0. The zero-order valence-electron chi connectivity index (χ0n) is 9.05. The number of rotatable bonds is 2. The lowest BCUT2D eigenvalue weighted by atomic mass is 10.0. The smallest absolute Gasteiger partial charge is 0.195 e. The third-order valence-corrected chi connectivity index (χ3v) is 2.57. The van der Waals surface area contributed by atoms with Crippen LogP contribution >= 0.6 is 0 Å². The molecule has 5 heteroatoms. The quantitative estimate of drug-likeness (QED) is 0.496. The van der Waals surface area contributed by atoms with Gasteiger partial charge in [0.2, 0.25) is 0 Å². The van der Waals surface area contributed by atoms with Crippen molar-refractivity contribution in [2.75, 3.05) is 0 Å². The minimum absolute atomic E-state index is 0.0705. The summed E-state index contributed by atoms with van der Waals surface area (Å²) >= 11 is 0. The zero-order valence-corrected chi connectivity index (χ0v) is 9.05. The molecule has 0 fully saturated rings. The summed E-state index contributed by atoms with van der Waals surface area (Å²) in [5.41, 5.74) is -1.49. The molecule has 18 heavy (non-hydrogen) atoms. The average molecular weight is 256 g/mol. The molecule has 94 valence electrons. The van der Waals surface area contributed by atoms with E-state index < -0.39 is 41.0 Å². The number of hydrogen-bond acceptors (Lipinski definition) is 1. The van der Waals surface area contributed by atoms with E-state index in [1.54, 1.807) is 6.07 Å². The Kier molecular flexibility index (Phi) is 3.34. The Hall–Kier alpha value is -1.88. The molecule has 0 spiro atoms. The van der Waals surface area contributed by atoms with Gasteiger partial charge in [-0.2, -0.15) is 0 Å². The summed E-state index contributed by atoms with van der Waals surface area (Å²) in [7, 11) is 0. The standard InChI is InChI=1S/C13H8F4O/c14-10-8(6-18)11(15)13(17)12(16)9(10)7-4-2-1-3-5-7/h1-5,18H,6H2. The van der Waals surface area contributed by atoms with Crippen LogP contribution in [0.25, 0.3) is 11.1 Å². The number of aliphatic hydroxyl groups excluding tert-OH is 1. The molecule has 0 atom stereocenters. The van der Waals surface area contributed by atoms with Crippen LogP contribution in [-0.4, -0.2) is 5.11 Å². The van der Waals surface area contributed by atoms with Crippen LogP contribution < -0.4 is 0 Å². The van der Waals surface area contributed by atoms with E-state index in [2.05, 4.69) is 0 Å². The molecule has 2 aromatic rings. The highest BCUT2D eigenvalue weighted by atomic mass is 19.2. The van der Waals surface area contributed by atoms with E-state index in [9.17, 15) is 17.6 Å². The molecule has 0 heterocycles. The molecule has 2 rings (SSSR count). The Morgan fingerprint density at radius 2 is 1.39 bits per heavy atom. The molecule has 0 aliphatic heterocycles. The highest BCUT2D eigenvalue weighted by Crippen LogP contribution is 2.31. The first-order chi connectivity index (χ1) is 8.57. The minimum Gasteiger partial charge on any atom is -0.391 e. The topological polar surface area (TPSA) is 20.2 Å². The first-order valence-electron chi connectivity index (χ1n) is 5.09. The van der Waals surface area contributed by atoms with Crippen LogP contribution in [0, 0.1) is 23.3 Å². The van der Waals surface area contributed by atoms with E-state index in [4.69, 9.17) is 5.11 Å². The molecule has 1 nitrogen and oxygen atoms in total. The van der Waals surface area contributed by atoms with Crippen LogP contribution in [0.15, 0.2) is 30.3 Å². The van der Waals surface area contributed by atoms with Crippen LogP contribution in [0.4, 0.5) is 17.6 Å². The van der Waals surface area contributed by atoms with Gasteiger partial charge < -0.3 is 5.11 Å². The number of halogens is 4. The highest BCUT2D eigenvalue weighted by molar-refractivity contribution is 5.66. The SMILES string of the molecule is OCc1c(F)c(F)c(F)c(-c2ccccc2)c1F. The van der Waals surface area contributed by atoms with Crippen molar-refractivity contribution in [2.24, 2.45) is 0 Å². The molecule has 0 aliphatic carbocycles. The van der Waals surface area contributed by atoms with Crippen LogP contribution in [-0.2, 0) is 6.61 Å². The zero-order chi connectivity index (χ0) is 13.3. The second kappa shape index (κ2) is 4.78. The maximum Gasteiger partial charge on any atom is 0.195 e. The molecule has 0 saturated carbocycles. The van der Waals surface area contributed by atoms with E-state index in [1.165, 1.54) is 24.3 Å². The fourth-order valence-corrected chi connectivity index (χ4v) is 1.68. The molecule has 0 unspecified atom stereocenters. The molecule has 0 saturated heterocycles.